The zero-order valence-electron chi connectivity index (χ0n) is 12.0. The summed E-state index contributed by atoms with van der Waals surface area (Å²) in [6.07, 6.45) is 10.6. The van der Waals surface area contributed by atoms with Gasteiger partial charge in [0.05, 0.1) is 0 Å². The van der Waals surface area contributed by atoms with Crippen LogP contribution in [0.1, 0.15) is 67.2 Å². The summed E-state index contributed by atoms with van der Waals surface area (Å²) >= 11 is 0. The second-order valence-electron chi connectivity index (χ2n) is 7.65. The third-order valence-electron chi connectivity index (χ3n) is 6.58. The van der Waals surface area contributed by atoms with Crippen LogP contribution in [0.2, 0.25) is 0 Å². The Morgan fingerprint density at radius 1 is 0.625 bits per heavy atom. The van der Waals surface area contributed by atoms with Crippen LogP contribution in [0.4, 0.5) is 0 Å². The van der Waals surface area contributed by atoms with E-state index in [4.69, 9.17) is 0 Å². The van der Waals surface area contributed by atoms with Crippen LogP contribution >= 0.6 is 0 Å². The summed E-state index contributed by atoms with van der Waals surface area (Å²) in [6, 6.07) is 0. The van der Waals surface area contributed by atoms with E-state index in [1.165, 1.54) is 25.7 Å². The van der Waals surface area contributed by atoms with Gasteiger partial charge in [0.1, 0.15) is 0 Å². The molecule has 0 bridgehead atoms. The SMILES string of the molecule is CC1(C)C=CC(C)(C)C2(C)CCCCC12C. The van der Waals surface area contributed by atoms with Gasteiger partial charge in [-0.25, -0.2) is 0 Å². The fourth-order valence-corrected chi connectivity index (χ4v) is 4.36. The molecule has 0 radical (unpaired) electrons. The number of allylic oxidation sites excluding steroid dienone is 2. The van der Waals surface area contributed by atoms with Gasteiger partial charge in [0.15, 0.2) is 0 Å². The van der Waals surface area contributed by atoms with Crippen molar-refractivity contribution >= 4 is 0 Å². The molecule has 2 unspecified atom stereocenters. The molecule has 0 N–H and O–H groups in total. The highest BCUT2D eigenvalue weighted by Gasteiger charge is 2.60. The zero-order valence-corrected chi connectivity index (χ0v) is 12.0. The molecule has 0 aromatic carbocycles. The van der Waals surface area contributed by atoms with Crippen LogP contribution in [0.5, 0.6) is 0 Å². The minimum Gasteiger partial charge on any atom is -0.0817 e. The number of hydrogen-bond acceptors (Lipinski definition) is 0. The largest absolute Gasteiger partial charge is 0.0817 e. The molecule has 0 aliphatic heterocycles. The van der Waals surface area contributed by atoms with Gasteiger partial charge in [-0.1, -0.05) is 66.5 Å². The molecule has 2 aliphatic rings. The van der Waals surface area contributed by atoms with E-state index in [0.29, 0.717) is 21.7 Å². The van der Waals surface area contributed by atoms with Crippen LogP contribution in [-0.4, -0.2) is 0 Å². The van der Waals surface area contributed by atoms with E-state index in [9.17, 15) is 0 Å². The van der Waals surface area contributed by atoms with Crippen molar-refractivity contribution in [3.8, 4) is 0 Å². The van der Waals surface area contributed by atoms with Crippen molar-refractivity contribution in [2.24, 2.45) is 21.7 Å². The minimum atomic E-state index is 0.345. The van der Waals surface area contributed by atoms with Crippen LogP contribution in [-0.2, 0) is 0 Å². The molecule has 0 heteroatoms. The van der Waals surface area contributed by atoms with Crippen molar-refractivity contribution in [1.29, 1.82) is 0 Å². The summed E-state index contributed by atoms with van der Waals surface area (Å²) in [4.78, 5) is 0. The Bertz CT molecular complexity index is 289. The summed E-state index contributed by atoms with van der Waals surface area (Å²) in [7, 11) is 0. The summed E-state index contributed by atoms with van der Waals surface area (Å²) in [6.45, 7) is 14.8. The van der Waals surface area contributed by atoms with E-state index in [1.54, 1.807) is 0 Å². The van der Waals surface area contributed by atoms with E-state index in [2.05, 4.69) is 53.7 Å². The Labute approximate surface area is 102 Å². The molecule has 0 aromatic rings. The molecule has 0 nitrogen and oxygen atoms in total. The van der Waals surface area contributed by atoms with Crippen molar-refractivity contribution in [1.82, 2.24) is 0 Å². The highest BCUT2D eigenvalue weighted by Crippen LogP contribution is 2.69. The summed E-state index contributed by atoms with van der Waals surface area (Å²) < 4.78 is 0. The molecule has 16 heavy (non-hydrogen) atoms. The Morgan fingerprint density at radius 2 is 0.938 bits per heavy atom. The summed E-state index contributed by atoms with van der Waals surface area (Å²) in [5.74, 6) is 0. The lowest BCUT2D eigenvalue weighted by molar-refractivity contribution is -0.126. The Morgan fingerprint density at radius 3 is 1.25 bits per heavy atom. The fourth-order valence-electron chi connectivity index (χ4n) is 4.36. The predicted octanol–water partition coefficient (Wildman–Crippen LogP) is 5.20. The van der Waals surface area contributed by atoms with E-state index in [0.717, 1.165) is 0 Å². The molecule has 2 rings (SSSR count). The molecule has 2 atom stereocenters. The molecule has 1 saturated carbocycles. The topological polar surface area (TPSA) is 0 Å². The van der Waals surface area contributed by atoms with Crippen LogP contribution in [0.3, 0.4) is 0 Å². The molecule has 1 fully saturated rings. The van der Waals surface area contributed by atoms with Gasteiger partial charge in [-0.3, -0.25) is 0 Å². The number of rotatable bonds is 0. The summed E-state index contributed by atoms with van der Waals surface area (Å²) in [5.41, 5.74) is 1.60. The van der Waals surface area contributed by atoms with Crippen LogP contribution in [0.25, 0.3) is 0 Å². The normalized spacial score (nSPS) is 45.1. The van der Waals surface area contributed by atoms with Crippen LogP contribution < -0.4 is 0 Å². The lowest BCUT2D eigenvalue weighted by Crippen LogP contribution is -2.58. The second-order valence-corrected chi connectivity index (χ2v) is 7.65. The van der Waals surface area contributed by atoms with Gasteiger partial charge < -0.3 is 0 Å². The van der Waals surface area contributed by atoms with Crippen LogP contribution in [0, 0.1) is 21.7 Å². The third kappa shape index (κ3) is 1.22. The Balaban J connectivity index is 2.59. The Hall–Kier alpha value is -0.260. The first-order valence-electron chi connectivity index (χ1n) is 6.87. The maximum Gasteiger partial charge on any atom is -0.0115 e. The van der Waals surface area contributed by atoms with Gasteiger partial charge in [-0.15, -0.1) is 0 Å². The molecular formula is C16H28. The van der Waals surface area contributed by atoms with Crippen molar-refractivity contribution in [3.05, 3.63) is 12.2 Å². The monoisotopic (exact) mass is 220 g/mol. The van der Waals surface area contributed by atoms with Gasteiger partial charge in [-0.05, 0) is 34.5 Å². The molecule has 0 amide bonds. The second kappa shape index (κ2) is 3.15. The van der Waals surface area contributed by atoms with Crippen molar-refractivity contribution in [2.45, 2.75) is 67.2 Å². The van der Waals surface area contributed by atoms with Gasteiger partial charge in [0.2, 0.25) is 0 Å². The molecule has 2 aliphatic carbocycles. The van der Waals surface area contributed by atoms with E-state index >= 15 is 0 Å². The first-order chi connectivity index (χ1) is 7.16. The van der Waals surface area contributed by atoms with Crippen molar-refractivity contribution in [2.75, 3.05) is 0 Å². The smallest absolute Gasteiger partial charge is 0.0115 e. The van der Waals surface area contributed by atoms with Gasteiger partial charge >= 0.3 is 0 Å². The standard InChI is InChI=1S/C16H28/c1-13(2)11-12-14(3,4)16(6)10-8-7-9-15(13,16)5/h11-12H,7-10H2,1-6H3. The Kier molecular flexibility index (Phi) is 2.40. The average Bonchev–Trinajstić information content (AvgIpc) is 2.18. The van der Waals surface area contributed by atoms with E-state index in [1.807, 2.05) is 0 Å². The molecule has 0 heterocycles. The maximum atomic E-state index is 2.54. The van der Waals surface area contributed by atoms with E-state index in [-0.39, 0.29) is 0 Å². The first-order valence-corrected chi connectivity index (χ1v) is 6.87. The first kappa shape index (κ1) is 12.2. The molecule has 0 spiro atoms. The zero-order chi connectivity index (χ0) is 12.2. The molecular weight excluding hydrogens is 192 g/mol. The highest BCUT2D eigenvalue weighted by atomic mass is 14.6. The molecule has 0 saturated heterocycles. The molecule has 0 aromatic heterocycles. The lowest BCUT2D eigenvalue weighted by atomic mass is 9.39. The third-order valence-corrected chi connectivity index (χ3v) is 6.58. The quantitative estimate of drug-likeness (QED) is 0.492. The highest BCUT2D eigenvalue weighted by molar-refractivity contribution is 5.23. The van der Waals surface area contributed by atoms with Gasteiger partial charge in [0.25, 0.3) is 0 Å². The number of hydrogen-bond donors (Lipinski definition) is 0. The minimum absolute atomic E-state index is 0.345. The van der Waals surface area contributed by atoms with Crippen LogP contribution in [0.15, 0.2) is 12.2 Å². The van der Waals surface area contributed by atoms with Gasteiger partial charge in [-0.2, -0.15) is 0 Å². The fraction of sp³-hybridized carbons (Fsp3) is 0.875. The maximum absolute atomic E-state index is 2.54. The van der Waals surface area contributed by atoms with Crippen molar-refractivity contribution in [3.63, 3.8) is 0 Å². The summed E-state index contributed by atoms with van der Waals surface area (Å²) in [5, 5.41) is 0. The lowest BCUT2D eigenvalue weighted by Gasteiger charge is -2.65. The number of fused-ring (bicyclic) bond motifs is 1. The van der Waals surface area contributed by atoms with E-state index < -0.39 is 0 Å². The van der Waals surface area contributed by atoms with Gasteiger partial charge in [0, 0.05) is 0 Å². The van der Waals surface area contributed by atoms with Crippen molar-refractivity contribution < 1.29 is 0 Å². The predicted molar refractivity (Wildman–Crippen MR) is 71.4 cm³/mol. The average molecular weight is 220 g/mol. The molecule has 92 valence electrons.